The van der Waals surface area contributed by atoms with Crippen molar-refractivity contribution in [2.45, 2.75) is 51.7 Å². The molecule has 14 heteroatoms. The molecule has 1 unspecified atom stereocenters. The fourth-order valence-corrected chi connectivity index (χ4v) is 6.60. The van der Waals surface area contributed by atoms with Crippen molar-refractivity contribution in [1.82, 2.24) is 29.9 Å². The Kier molecular flexibility index (Phi) is 11.0. The average Bonchev–Trinajstić information content (AvgIpc) is 3.51. The number of morpholine rings is 1. The van der Waals surface area contributed by atoms with Gasteiger partial charge in [-0.05, 0) is 57.0 Å². The highest BCUT2D eigenvalue weighted by atomic mass is 16.6. The van der Waals surface area contributed by atoms with Crippen molar-refractivity contribution >= 4 is 34.4 Å². The number of aromatic nitrogens is 3. The Labute approximate surface area is 292 Å². The molecule has 50 heavy (non-hydrogen) atoms. The van der Waals surface area contributed by atoms with Gasteiger partial charge >= 0.3 is 6.09 Å². The molecule has 5 heterocycles. The van der Waals surface area contributed by atoms with Crippen molar-refractivity contribution in [2.75, 3.05) is 84.2 Å². The van der Waals surface area contributed by atoms with E-state index in [-0.39, 0.29) is 24.7 Å². The number of amides is 2. The third-order valence-corrected chi connectivity index (χ3v) is 9.17. The van der Waals surface area contributed by atoms with Gasteiger partial charge in [0.05, 0.1) is 39.2 Å². The minimum absolute atomic E-state index is 0.00952. The summed E-state index contributed by atoms with van der Waals surface area (Å²) in [7, 11) is 1.64. The van der Waals surface area contributed by atoms with Gasteiger partial charge in [0.2, 0.25) is 5.91 Å². The first kappa shape index (κ1) is 35.3. The maximum atomic E-state index is 13.7. The summed E-state index contributed by atoms with van der Waals surface area (Å²) in [5.41, 5.74) is 1.12. The lowest BCUT2D eigenvalue weighted by Gasteiger charge is -2.38. The van der Waals surface area contributed by atoms with Gasteiger partial charge in [0.15, 0.2) is 23.1 Å². The number of rotatable bonds is 10. The maximum Gasteiger partial charge on any atom is 0.411 e. The van der Waals surface area contributed by atoms with E-state index >= 15 is 0 Å². The van der Waals surface area contributed by atoms with Crippen LogP contribution in [0.3, 0.4) is 0 Å². The number of anilines is 1. The molecule has 0 radical (unpaired) electrons. The molecular formula is C36H47N7O7. The van der Waals surface area contributed by atoms with Crippen LogP contribution in [0.5, 0.6) is 11.5 Å². The summed E-state index contributed by atoms with van der Waals surface area (Å²) in [5, 5.41) is 11.2. The SMILES string of the molecule is COc1cc2c(Cc3ccncc3)nnc(N3CCN(C(=O)C4CC(=O)CN4C(=O)OC(C)(C)C)CC3)c2cc1OCCCN1CCOCC1. The van der Waals surface area contributed by atoms with Crippen molar-refractivity contribution in [3.05, 3.63) is 47.9 Å². The standard InChI is InChI=1S/C36H47N7O7/c1-36(2,3)50-35(46)43-24-26(44)21-30(43)34(45)42-13-11-41(12-14-42)33-28-23-32(49-17-5-10-40-15-18-48-19-16-40)31(47-4)22-27(28)29(38-39-33)20-25-6-8-37-9-7-25/h6-9,22-23,30H,5,10-21,24H2,1-4H3. The molecule has 2 amide bonds. The second-order valence-electron chi connectivity index (χ2n) is 13.9. The maximum absolute atomic E-state index is 13.7. The number of hydrogen-bond donors (Lipinski definition) is 0. The van der Waals surface area contributed by atoms with Gasteiger partial charge in [0.25, 0.3) is 0 Å². The molecule has 3 saturated heterocycles. The fourth-order valence-electron chi connectivity index (χ4n) is 6.60. The van der Waals surface area contributed by atoms with Gasteiger partial charge in [-0.2, -0.15) is 5.10 Å². The molecule has 268 valence electrons. The first-order valence-electron chi connectivity index (χ1n) is 17.3. The number of nitrogens with zero attached hydrogens (tertiary/aromatic N) is 7. The van der Waals surface area contributed by atoms with Crippen molar-refractivity contribution in [3.63, 3.8) is 0 Å². The summed E-state index contributed by atoms with van der Waals surface area (Å²) in [6.07, 6.45) is 4.29. The van der Waals surface area contributed by atoms with Crippen molar-refractivity contribution < 1.29 is 33.3 Å². The monoisotopic (exact) mass is 689 g/mol. The molecule has 3 fully saturated rings. The number of piperazine rings is 1. The summed E-state index contributed by atoms with van der Waals surface area (Å²) < 4.78 is 23.1. The molecule has 6 rings (SSSR count). The molecule has 3 aliphatic heterocycles. The van der Waals surface area contributed by atoms with E-state index in [0.717, 1.165) is 61.3 Å². The smallest absolute Gasteiger partial charge is 0.411 e. The van der Waals surface area contributed by atoms with Crippen LogP contribution in [0.2, 0.25) is 0 Å². The summed E-state index contributed by atoms with van der Waals surface area (Å²) >= 11 is 0. The number of benzene rings is 1. The number of pyridine rings is 1. The third kappa shape index (κ3) is 8.41. The zero-order valence-corrected chi connectivity index (χ0v) is 29.4. The van der Waals surface area contributed by atoms with E-state index in [2.05, 4.69) is 14.8 Å². The number of ketones is 1. The highest BCUT2D eigenvalue weighted by Gasteiger charge is 2.43. The van der Waals surface area contributed by atoms with Crippen LogP contribution >= 0.6 is 0 Å². The Balaban J connectivity index is 1.21. The summed E-state index contributed by atoms with van der Waals surface area (Å²) in [5.74, 6) is 1.54. The number of Topliss-reactive ketones (excluding diaryl/α,β-unsaturated/α-hetero) is 1. The van der Waals surface area contributed by atoms with Gasteiger partial charge in [-0.15, -0.1) is 5.10 Å². The molecule has 0 aliphatic carbocycles. The molecule has 3 aliphatic rings. The van der Waals surface area contributed by atoms with E-state index in [4.69, 9.17) is 29.1 Å². The Hall–Kier alpha value is -4.56. The van der Waals surface area contributed by atoms with Crippen LogP contribution in [0, 0.1) is 0 Å². The molecule has 1 aromatic carbocycles. The molecule has 0 bridgehead atoms. The van der Waals surface area contributed by atoms with E-state index in [1.54, 1.807) is 45.2 Å². The second-order valence-corrected chi connectivity index (χ2v) is 13.9. The predicted octanol–water partition coefficient (Wildman–Crippen LogP) is 2.95. The minimum Gasteiger partial charge on any atom is -0.493 e. The van der Waals surface area contributed by atoms with E-state index in [9.17, 15) is 14.4 Å². The van der Waals surface area contributed by atoms with Gasteiger partial charge in [0, 0.05) is 81.8 Å². The average molecular weight is 690 g/mol. The van der Waals surface area contributed by atoms with Crippen LogP contribution in [-0.2, 0) is 25.5 Å². The molecular weight excluding hydrogens is 642 g/mol. The Morgan fingerprint density at radius 1 is 0.960 bits per heavy atom. The van der Waals surface area contributed by atoms with Crippen LogP contribution in [0.4, 0.5) is 10.6 Å². The van der Waals surface area contributed by atoms with E-state index in [1.807, 2.05) is 24.3 Å². The molecule has 3 aromatic rings. The predicted molar refractivity (Wildman–Crippen MR) is 186 cm³/mol. The Morgan fingerprint density at radius 2 is 1.68 bits per heavy atom. The van der Waals surface area contributed by atoms with E-state index in [0.29, 0.717) is 56.5 Å². The largest absolute Gasteiger partial charge is 0.493 e. The van der Waals surface area contributed by atoms with Crippen LogP contribution in [0.25, 0.3) is 10.8 Å². The number of likely N-dealkylation sites (tertiary alicyclic amines) is 1. The summed E-state index contributed by atoms with van der Waals surface area (Å²) in [6.45, 7) is 11.8. The van der Waals surface area contributed by atoms with Crippen molar-refractivity contribution in [2.24, 2.45) is 0 Å². The quantitative estimate of drug-likeness (QED) is 0.289. The number of carbonyl (C=O) groups is 3. The van der Waals surface area contributed by atoms with Crippen LogP contribution in [-0.4, -0.2) is 139 Å². The summed E-state index contributed by atoms with van der Waals surface area (Å²) in [6, 6.07) is 7.02. The number of methoxy groups -OCH3 is 1. The molecule has 14 nitrogen and oxygen atoms in total. The normalized spacial score (nSPS) is 18.8. The number of ether oxygens (including phenoxy) is 4. The van der Waals surface area contributed by atoms with Crippen LogP contribution < -0.4 is 14.4 Å². The number of carbonyl (C=O) groups excluding carboxylic acids is 3. The molecule has 2 aromatic heterocycles. The van der Waals surface area contributed by atoms with E-state index < -0.39 is 17.7 Å². The molecule has 0 saturated carbocycles. The second kappa shape index (κ2) is 15.5. The number of hydrogen-bond acceptors (Lipinski definition) is 12. The molecule has 1 atom stereocenters. The Bertz CT molecular complexity index is 1670. The lowest BCUT2D eigenvalue weighted by atomic mass is 10.0. The van der Waals surface area contributed by atoms with Crippen molar-refractivity contribution in [3.8, 4) is 11.5 Å². The van der Waals surface area contributed by atoms with Crippen LogP contribution in [0.1, 0.15) is 44.9 Å². The van der Waals surface area contributed by atoms with Crippen LogP contribution in [0.15, 0.2) is 36.7 Å². The minimum atomic E-state index is -0.868. The van der Waals surface area contributed by atoms with Gasteiger partial charge in [-0.3, -0.25) is 24.4 Å². The topological polar surface area (TPSA) is 140 Å². The highest BCUT2D eigenvalue weighted by molar-refractivity contribution is 5.98. The fraction of sp³-hybridized carbons (Fsp3) is 0.556. The highest BCUT2D eigenvalue weighted by Crippen LogP contribution is 2.38. The first-order chi connectivity index (χ1) is 24.1. The number of fused-ring (bicyclic) bond motifs is 1. The van der Waals surface area contributed by atoms with Gasteiger partial charge < -0.3 is 28.7 Å². The Morgan fingerprint density at radius 3 is 2.38 bits per heavy atom. The molecule has 0 N–H and O–H groups in total. The van der Waals surface area contributed by atoms with Gasteiger partial charge in [0.1, 0.15) is 11.6 Å². The first-order valence-corrected chi connectivity index (χ1v) is 17.3. The lowest BCUT2D eigenvalue weighted by Crippen LogP contribution is -2.55. The zero-order chi connectivity index (χ0) is 35.3. The zero-order valence-electron chi connectivity index (χ0n) is 29.4. The van der Waals surface area contributed by atoms with Gasteiger partial charge in [-0.25, -0.2) is 4.79 Å². The van der Waals surface area contributed by atoms with E-state index in [1.165, 1.54) is 4.90 Å². The lowest BCUT2D eigenvalue weighted by molar-refractivity contribution is -0.136. The van der Waals surface area contributed by atoms with Crippen molar-refractivity contribution in [1.29, 1.82) is 0 Å². The summed E-state index contributed by atoms with van der Waals surface area (Å²) in [4.78, 5) is 50.6. The third-order valence-electron chi connectivity index (χ3n) is 9.17. The molecule has 0 spiro atoms. The van der Waals surface area contributed by atoms with Gasteiger partial charge in [-0.1, -0.05) is 0 Å².